The lowest BCUT2D eigenvalue weighted by molar-refractivity contribution is 0.0126. The highest BCUT2D eigenvalue weighted by atomic mass is 19.3. The molecule has 3 aromatic rings. The molecule has 0 saturated heterocycles. The van der Waals surface area contributed by atoms with Gasteiger partial charge in [-0.05, 0) is 39.0 Å². The van der Waals surface area contributed by atoms with E-state index >= 15 is 0 Å². The Labute approximate surface area is 154 Å². The maximum Gasteiger partial charge on any atom is 0.287 e. The number of fused-ring (bicyclic) bond motifs is 1. The average molecular weight is 374 g/mol. The normalized spacial score (nSPS) is 11.8. The Kier molecular flexibility index (Phi) is 4.82. The van der Waals surface area contributed by atoms with Crippen molar-refractivity contribution in [2.75, 3.05) is 5.32 Å². The van der Waals surface area contributed by atoms with Crippen molar-refractivity contribution in [3.63, 3.8) is 0 Å². The van der Waals surface area contributed by atoms with Gasteiger partial charge >= 0.3 is 0 Å². The number of aromatic amines is 1. The van der Waals surface area contributed by atoms with Crippen molar-refractivity contribution in [3.05, 3.63) is 47.4 Å². The summed E-state index contributed by atoms with van der Waals surface area (Å²) >= 11 is 0. The first-order chi connectivity index (χ1) is 12.6. The molecule has 0 radical (unpaired) electrons. The van der Waals surface area contributed by atoms with Gasteiger partial charge in [0.25, 0.3) is 11.8 Å². The van der Waals surface area contributed by atoms with Crippen LogP contribution in [0.1, 0.15) is 42.6 Å². The van der Waals surface area contributed by atoms with Crippen molar-refractivity contribution in [2.45, 2.75) is 39.7 Å². The van der Waals surface area contributed by atoms with Crippen molar-refractivity contribution in [2.24, 2.45) is 0 Å². The van der Waals surface area contributed by atoms with Crippen molar-refractivity contribution in [1.29, 1.82) is 0 Å². The van der Waals surface area contributed by atoms with Gasteiger partial charge in [0.05, 0.1) is 17.3 Å². The fourth-order valence-electron chi connectivity index (χ4n) is 2.61. The lowest BCUT2D eigenvalue weighted by Gasteiger charge is -2.16. The highest BCUT2D eigenvalue weighted by Gasteiger charge is 2.27. The molecule has 142 valence electrons. The number of amides is 1. The van der Waals surface area contributed by atoms with Crippen LogP contribution in [-0.2, 0) is 5.92 Å². The first-order valence-electron chi connectivity index (χ1n) is 8.47. The number of nitrogens with zero attached hydrogens (tertiary/aromatic N) is 2. The van der Waals surface area contributed by atoms with Crippen LogP contribution in [0.4, 0.5) is 14.5 Å². The maximum atomic E-state index is 13.5. The van der Waals surface area contributed by atoms with E-state index in [4.69, 9.17) is 4.74 Å². The Balaban J connectivity index is 1.97. The molecular weight excluding hydrogens is 354 g/mol. The summed E-state index contributed by atoms with van der Waals surface area (Å²) in [6.07, 6.45) is -0.127. The van der Waals surface area contributed by atoms with Gasteiger partial charge in [-0.3, -0.25) is 9.89 Å². The number of carbonyl (C=O) groups excluding carboxylic acids is 1. The minimum absolute atomic E-state index is 0.103. The SMILES string of the molecule is Cc1[nH]nc2cc(OC(C)C)c(NC(=O)c3cccc(C(C)(F)F)n3)cc12. The minimum Gasteiger partial charge on any atom is -0.489 e. The Morgan fingerprint density at radius 1 is 1.30 bits per heavy atom. The van der Waals surface area contributed by atoms with Gasteiger partial charge in [-0.25, -0.2) is 4.98 Å². The first kappa shape index (κ1) is 18.8. The predicted molar refractivity (Wildman–Crippen MR) is 98.4 cm³/mol. The number of hydrogen-bond donors (Lipinski definition) is 2. The second kappa shape index (κ2) is 6.94. The number of ether oxygens (including phenoxy) is 1. The summed E-state index contributed by atoms with van der Waals surface area (Å²) < 4.78 is 32.8. The van der Waals surface area contributed by atoms with E-state index < -0.39 is 17.5 Å². The quantitative estimate of drug-likeness (QED) is 0.693. The topological polar surface area (TPSA) is 79.9 Å². The smallest absolute Gasteiger partial charge is 0.287 e. The molecule has 2 heterocycles. The number of carbonyl (C=O) groups is 1. The molecule has 1 aromatic carbocycles. The fraction of sp³-hybridized carbons (Fsp3) is 0.316. The second-order valence-corrected chi connectivity index (χ2v) is 6.63. The third kappa shape index (κ3) is 4.05. The number of aryl methyl sites for hydroxylation is 1. The predicted octanol–water partition coefficient (Wildman–Crippen LogP) is 4.42. The van der Waals surface area contributed by atoms with E-state index in [0.29, 0.717) is 17.0 Å². The number of nitrogens with one attached hydrogen (secondary N) is 2. The number of benzene rings is 1. The van der Waals surface area contributed by atoms with Crippen molar-refractivity contribution >= 4 is 22.5 Å². The standard InChI is InChI=1S/C19H20F2N4O2/c1-10(2)27-16-9-14-12(11(3)24-25-14)8-15(16)23-18(26)13-6-5-7-17(22-13)19(4,20)21/h5-10H,1-4H3,(H,23,26)(H,24,25). The molecule has 3 rings (SSSR count). The van der Waals surface area contributed by atoms with Gasteiger partial charge in [0.2, 0.25) is 0 Å². The molecular formula is C19H20F2N4O2. The zero-order chi connectivity index (χ0) is 19.8. The van der Waals surface area contributed by atoms with Crippen LogP contribution in [0.2, 0.25) is 0 Å². The molecule has 2 N–H and O–H groups in total. The summed E-state index contributed by atoms with van der Waals surface area (Å²) in [6.45, 7) is 6.32. The van der Waals surface area contributed by atoms with Gasteiger partial charge in [0, 0.05) is 24.1 Å². The molecule has 6 nitrogen and oxygen atoms in total. The fourth-order valence-corrected chi connectivity index (χ4v) is 2.61. The molecule has 0 fully saturated rings. The lowest BCUT2D eigenvalue weighted by Crippen LogP contribution is -2.18. The van der Waals surface area contributed by atoms with Crippen molar-refractivity contribution in [3.8, 4) is 5.75 Å². The van der Waals surface area contributed by atoms with E-state index in [0.717, 1.165) is 18.0 Å². The van der Waals surface area contributed by atoms with Crippen molar-refractivity contribution in [1.82, 2.24) is 15.2 Å². The van der Waals surface area contributed by atoms with Gasteiger partial charge in [-0.1, -0.05) is 6.07 Å². The number of halogens is 2. The second-order valence-electron chi connectivity index (χ2n) is 6.63. The molecule has 0 aliphatic rings. The van der Waals surface area contributed by atoms with E-state index in [1.165, 1.54) is 18.2 Å². The van der Waals surface area contributed by atoms with Crippen LogP contribution in [0.25, 0.3) is 10.9 Å². The molecule has 0 atom stereocenters. The Morgan fingerprint density at radius 2 is 2.04 bits per heavy atom. The van der Waals surface area contributed by atoms with Crippen LogP contribution in [0.3, 0.4) is 0 Å². The molecule has 8 heteroatoms. The van der Waals surface area contributed by atoms with E-state index in [-0.39, 0.29) is 11.8 Å². The largest absolute Gasteiger partial charge is 0.489 e. The van der Waals surface area contributed by atoms with Crippen LogP contribution in [0.15, 0.2) is 30.3 Å². The summed E-state index contributed by atoms with van der Waals surface area (Å²) in [5.41, 5.74) is 1.39. The summed E-state index contributed by atoms with van der Waals surface area (Å²) in [6, 6.07) is 7.41. The van der Waals surface area contributed by atoms with Gasteiger partial charge in [0.1, 0.15) is 17.1 Å². The molecule has 0 bridgehead atoms. The highest BCUT2D eigenvalue weighted by Crippen LogP contribution is 2.32. The molecule has 1 amide bonds. The highest BCUT2D eigenvalue weighted by molar-refractivity contribution is 6.05. The molecule has 0 saturated carbocycles. The minimum atomic E-state index is -3.13. The van der Waals surface area contributed by atoms with Crippen LogP contribution in [0.5, 0.6) is 5.75 Å². The molecule has 0 unspecified atom stereocenters. The summed E-state index contributed by atoms with van der Waals surface area (Å²) in [4.78, 5) is 16.4. The van der Waals surface area contributed by atoms with Crippen molar-refractivity contribution < 1.29 is 18.3 Å². The van der Waals surface area contributed by atoms with Gasteiger partial charge in [0.15, 0.2) is 0 Å². The monoisotopic (exact) mass is 374 g/mol. The number of H-pyrrole nitrogens is 1. The van der Waals surface area contributed by atoms with Crippen LogP contribution in [0, 0.1) is 6.92 Å². The van der Waals surface area contributed by atoms with Gasteiger partial charge in [-0.2, -0.15) is 13.9 Å². The Bertz CT molecular complexity index is 993. The average Bonchev–Trinajstić information content (AvgIpc) is 2.94. The van der Waals surface area contributed by atoms with E-state index in [1.807, 2.05) is 20.8 Å². The zero-order valence-electron chi connectivity index (χ0n) is 15.4. The zero-order valence-corrected chi connectivity index (χ0v) is 15.4. The molecule has 0 spiro atoms. The third-order valence-electron chi connectivity index (χ3n) is 3.89. The maximum absolute atomic E-state index is 13.5. The molecule has 0 aliphatic carbocycles. The number of hydrogen-bond acceptors (Lipinski definition) is 4. The van der Waals surface area contributed by atoms with E-state index in [9.17, 15) is 13.6 Å². The van der Waals surface area contributed by atoms with Crippen LogP contribution >= 0.6 is 0 Å². The number of anilines is 1. The lowest BCUT2D eigenvalue weighted by atomic mass is 10.1. The number of aromatic nitrogens is 3. The van der Waals surface area contributed by atoms with Crippen LogP contribution < -0.4 is 10.1 Å². The number of pyridine rings is 1. The first-order valence-corrected chi connectivity index (χ1v) is 8.47. The third-order valence-corrected chi connectivity index (χ3v) is 3.89. The summed E-state index contributed by atoms with van der Waals surface area (Å²) in [5, 5.41) is 10.6. The molecule has 0 aliphatic heterocycles. The Morgan fingerprint density at radius 3 is 2.70 bits per heavy atom. The molecule has 27 heavy (non-hydrogen) atoms. The van der Waals surface area contributed by atoms with E-state index in [2.05, 4.69) is 20.5 Å². The number of rotatable bonds is 5. The Hall–Kier alpha value is -3.03. The van der Waals surface area contributed by atoms with Gasteiger partial charge < -0.3 is 10.1 Å². The number of alkyl halides is 2. The van der Waals surface area contributed by atoms with Gasteiger partial charge in [-0.15, -0.1) is 0 Å². The summed E-state index contributed by atoms with van der Waals surface area (Å²) in [5.74, 6) is -3.29. The molecule has 2 aromatic heterocycles. The van der Waals surface area contributed by atoms with Crippen LogP contribution in [-0.4, -0.2) is 27.2 Å². The summed E-state index contributed by atoms with van der Waals surface area (Å²) in [7, 11) is 0. The van der Waals surface area contributed by atoms with E-state index in [1.54, 1.807) is 12.1 Å².